The van der Waals surface area contributed by atoms with Gasteiger partial charge in [-0.3, -0.25) is 14.5 Å². The molecule has 0 unspecified atom stereocenters. The maximum atomic E-state index is 12.3. The molecule has 2 aliphatic rings. The molecular weight excluding hydrogens is 374 g/mol. The van der Waals surface area contributed by atoms with Crippen LogP contribution in [0.4, 0.5) is 0 Å². The average Bonchev–Trinajstić information content (AvgIpc) is 3.42. The molecule has 3 heterocycles. The average molecular weight is 399 g/mol. The molecule has 1 aromatic rings. The van der Waals surface area contributed by atoms with Crippen molar-refractivity contribution in [2.75, 3.05) is 19.8 Å². The molecule has 2 aliphatic heterocycles. The zero-order chi connectivity index (χ0) is 21.0. The van der Waals surface area contributed by atoms with Gasteiger partial charge in [0.15, 0.2) is 6.61 Å². The number of likely N-dealkylation sites (tertiary alicyclic amines) is 1. The Labute approximate surface area is 169 Å². The minimum Gasteiger partial charge on any atom is -0.451 e. The van der Waals surface area contributed by atoms with E-state index >= 15 is 0 Å². The maximum absolute atomic E-state index is 12.3. The van der Waals surface area contributed by atoms with E-state index < -0.39 is 18.5 Å². The van der Waals surface area contributed by atoms with Crippen molar-refractivity contribution in [3.63, 3.8) is 0 Å². The number of nitriles is 1. The van der Waals surface area contributed by atoms with Gasteiger partial charge in [0, 0.05) is 37.5 Å². The third kappa shape index (κ3) is 4.74. The molecule has 1 aromatic heterocycles. The Bertz CT molecular complexity index is 887. The summed E-state index contributed by atoms with van der Waals surface area (Å²) in [5.41, 5.74) is 2.49. The summed E-state index contributed by atoms with van der Waals surface area (Å²) in [7, 11) is 0. The minimum atomic E-state index is -0.878. The number of nitrogens with zero attached hydrogens (tertiary/aromatic N) is 3. The van der Waals surface area contributed by atoms with E-state index in [9.17, 15) is 19.6 Å². The number of aromatic nitrogens is 1. The molecule has 0 N–H and O–H groups in total. The van der Waals surface area contributed by atoms with Crippen LogP contribution in [0.3, 0.4) is 0 Å². The highest BCUT2D eigenvalue weighted by Gasteiger charge is 2.27. The van der Waals surface area contributed by atoms with Crippen molar-refractivity contribution >= 4 is 23.9 Å². The lowest BCUT2D eigenvalue weighted by molar-refractivity contribution is -0.152. The largest absolute Gasteiger partial charge is 0.451 e. The molecule has 2 saturated heterocycles. The summed E-state index contributed by atoms with van der Waals surface area (Å²) in [6, 6.07) is 3.75. The molecule has 0 spiro atoms. The first-order valence-corrected chi connectivity index (χ1v) is 9.81. The lowest BCUT2D eigenvalue weighted by atomic mass is 10.1. The van der Waals surface area contributed by atoms with Gasteiger partial charge in [-0.2, -0.15) is 5.26 Å². The normalized spacial score (nSPS) is 19.5. The third-order valence-corrected chi connectivity index (χ3v) is 5.36. The van der Waals surface area contributed by atoms with Crippen LogP contribution in [0.1, 0.15) is 42.6 Å². The van der Waals surface area contributed by atoms with Crippen molar-refractivity contribution in [3.8, 4) is 6.07 Å². The van der Waals surface area contributed by atoms with E-state index in [-0.39, 0.29) is 17.6 Å². The van der Waals surface area contributed by atoms with Gasteiger partial charge in [-0.15, -0.1) is 0 Å². The van der Waals surface area contributed by atoms with E-state index in [4.69, 9.17) is 9.47 Å². The van der Waals surface area contributed by atoms with Crippen LogP contribution in [0.5, 0.6) is 0 Å². The smallest absolute Gasteiger partial charge is 0.349 e. The van der Waals surface area contributed by atoms with Crippen LogP contribution < -0.4 is 0 Å². The van der Waals surface area contributed by atoms with Crippen LogP contribution in [-0.2, 0) is 30.4 Å². The topological polar surface area (TPSA) is 102 Å². The molecule has 8 nitrogen and oxygen atoms in total. The first kappa shape index (κ1) is 20.8. The van der Waals surface area contributed by atoms with Gasteiger partial charge in [-0.05, 0) is 50.8 Å². The maximum Gasteiger partial charge on any atom is 0.349 e. The van der Waals surface area contributed by atoms with E-state index in [1.807, 2.05) is 26.0 Å². The van der Waals surface area contributed by atoms with Crippen LogP contribution >= 0.6 is 0 Å². The number of carbonyl (C=O) groups is 3. The molecular formula is C21H25N3O5. The summed E-state index contributed by atoms with van der Waals surface area (Å²) < 4.78 is 12.8. The molecule has 0 bridgehead atoms. The first-order chi connectivity index (χ1) is 13.9. The van der Waals surface area contributed by atoms with Crippen molar-refractivity contribution in [2.24, 2.45) is 0 Å². The zero-order valence-corrected chi connectivity index (χ0v) is 16.8. The van der Waals surface area contributed by atoms with Crippen LogP contribution in [-0.4, -0.2) is 53.1 Å². The van der Waals surface area contributed by atoms with Gasteiger partial charge in [0.1, 0.15) is 11.6 Å². The molecule has 29 heavy (non-hydrogen) atoms. The van der Waals surface area contributed by atoms with Crippen LogP contribution in [0.25, 0.3) is 6.08 Å². The second-order valence-electron chi connectivity index (χ2n) is 7.36. The number of hydrogen-bond donors (Lipinski definition) is 0. The Hall–Kier alpha value is -2.92. The molecule has 0 aromatic carbocycles. The molecule has 2 amide bonds. The monoisotopic (exact) mass is 399 g/mol. The molecule has 8 heteroatoms. The van der Waals surface area contributed by atoms with E-state index in [2.05, 4.69) is 4.57 Å². The van der Waals surface area contributed by atoms with Gasteiger partial charge in [-0.25, -0.2) is 4.79 Å². The quantitative estimate of drug-likeness (QED) is 0.411. The van der Waals surface area contributed by atoms with Gasteiger partial charge in [0.2, 0.25) is 5.91 Å². The second kappa shape index (κ2) is 9.05. The highest BCUT2D eigenvalue weighted by atomic mass is 16.5. The van der Waals surface area contributed by atoms with E-state index in [1.54, 1.807) is 0 Å². The summed E-state index contributed by atoms with van der Waals surface area (Å²) >= 11 is 0. The number of imide groups is 1. The van der Waals surface area contributed by atoms with Crippen molar-refractivity contribution in [1.29, 1.82) is 5.26 Å². The summed E-state index contributed by atoms with van der Waals surface area (Å²) in [4.78, 5) is 36.9. The number of hydrogen-bond acceptors (Lipinski definition) is 6. The van der Waals surface area contributed by atoms with Crippen LogP contribution in [0.2, 0.25) is 0 Å². The third-order valence-electron chi connectivity index (χ3n) is 5.36. The molecule has 0 saturated carbocycles. The number of ether oxygens (including phenoxy) is 2. The standard InChI is InChI=1S/C21H25N3O5/c1-14-9-16(15(2)24(14)12-18-5-4-8-28-18)10-17(11-22)21(27)29-13-20(26)23-7-3-6-19(23)25/h9-10,18H,3-8,12-13H2,1-2H3/b17-10+/t18-/m1/s1. The fourth-order valence-corrected chi connectivity index (χ4v) is 3.73. The summed E-state index contributed by atoms with van der Waals surface area (Å²) in [5.74, 6) is -1.70. The van der Waals surface area contributed by atoms with Crippen molar-refractivity contribution < 1.29 is 23.9 Å². The summed E-state index contributed by atoms with van der Waals surface area (Å²) in [6.45, 7) is 5.19. The Morgan fingerprint density at radius 3 is 2.79 bits per heavy atom. The predicted octanol–water partition coefficient (Wildman–Crippen LogP) is 1.88. The number of rotatable bonds is 6. The summed E-state index contributed by atoms with van der Waals surface area (Å²) in [5, 5.41) is 9.38. The van der Waals surface area contributed by atoms with Crippen LogP contribution in [0, 0.1) is 25.2 Å². The number of amides is 2. The highest BCUT2D eigenvalue weighted by Crippen LogP contribution is 2.22. The van der Waals surface area contributed by atoms with Crippen molar-refractivity contribution in [2.45, 2.75) is 52.2 Å². The SMILES string of the molecule is Cc1cc(/C=C(\C#N)C(=O)OCC(=O)N2CCCC2=O)c(C)n1C[C@H]1CCCO1. The van der Waals surface area contributed by atoms with Gasteiger partial charge in [-0.1, -0.05) is 0 Å². The molecule has 3 rings (SSSR count). The number of esters is 1. The van der Waals surface area contributed by atoms with E-state index in [0.29, 0.717) is 19.4 Å². The van der Waals surface area contributed by atoms with Gasteiger partial charge >= 0.3 is 5.97 Å². The molecule has 1 atom stereocenters. The predicted molar refractivity (Wildman–Crippen MR) is 103 cm³/mol. The number of carbonyl (C=O) groups excluding carboxylic acids is 3. The van der Waals surface area contributed by atoms with Gasteiger partial charge < -0.3 is 14.0 Å². The first-order valence-electron chi connectivity index (χ1n) is 9.81. The van der Waals surface area contributed by atoms with Crippen LogP contribution in [0.15, 0.2) is 11.6 Å². The summed E-state index contributed by atoms with van der Waals surface area (Å²) in [6.07, 6.45) is 4.67. The van der Waals surface area contributed by atoms with Gasteiger partial charge in [0.25, 0.3) is 5.91 Å². The Morgan fingerprint density at radius 1 is 1.38 bits per heavy atom. The van der Waals surface area contributed by atoms with Gasteiger partial charge in [0.05, 0.1) is 6.10 Å². The second-order valence-corrected chi connectivity index (χ2v) is 7.36. The zero-order valence-electron chi connectivity index (χ0n) is 16.8. The number of aryl methyl sites for hydroxylation is 1. The van der Waals surface area contributed by atoms with E-state index in [1.165, 1.54) is 6.08 Å². The van der Waals surface area contributed by atoms with Crippen molar-refractivity contribution in [3.05, 3.63) is 28.6 Å². The fraction of sp³-hybridized carbons (Fsp3) is 0.524. The highest BCUT2D eigenvalue weighted by molar-refractivity contribution is 6.01. The van der Waals surface area contributed by atoms with Crippen molar-refractivity contribution in [1.82, 2.24) is 9.47 Å². The Balaban J connectivity index is 1.67. The Kier molecular flexibility index (Phi) is 6.49. The molecule has 0 radical (unpaired) electrons. The Morgan fingerprint density at radius 2 is 2.17 bits per heavy atom. The lowest BCUT2D eigenvalue weighted by Gasteiger charge is -2.14. The lowest BCUT2D eigenvalue weighted by Crippen LogP contribution is -2.35. The minimum absolute atomic E-state index is 0.177. The fourth-order valence-electron chi connectivity index (χ4n) is 3.73. The molecule has 2 fully saturated rings. The van der Waals surface area contributed by atoms with E-state index in [0.717, 1.165) is 47.8 Å². The molecule has 154 valence electrons. The molecule has 0 aliphatic carbocycles.